The number of esters is 1. The Morgan fingerprint density at radius 3 is 2.28 bits per heavy atom. The molecule has 19 nitrogen and oxygen atoms in total. The van der Waals surface area contributed by atoms with Gasteiger partial charge in [-0.3, -0.25) is 9.69 Å². The molecule has 64 heavy (non-hydrogen) atoms. The Hall–Kier alpha value is -4.17. The van der Waals surface area contributed by atoms with Gasteiger partial charge < -0.3 is 43.9 Å². The van der Waals surface area contributed by atoms with Gasteiger partial charge in [-0.2, -0.15) is 13.9 Å². The number of allylic oxidation sites excluding steroid dienone is 4. The van der Waals surface area contributed by atoms with Crippen molar-refractivity contribution in [3.05, 3.63) is 63.3 Å². The minimum Gasteiger partial charge on any atom is -0.482 e. The molecule has 22 heteroatoms. The lowest BCUT2D eigenvalue weighted by atomic mass is 9.44. The molecule has 4 bridgehead atoms. The zero-order chi connectivity index (χ0) is 47.3. The summed E-state index contributed by atoms with van der Waals surface area (Å²) in [6.45, 7) is 14.7. The van der Waals surface area contributed by atoms with Crippen molar-refractivity contribution in [2.75, 3.05) is 7.11 Å². The number of phosphoric acid groups is 3. The van der Waals surface area contributed by atoms with E-state index in [2.05, 4.69) is 14.7 Å². The topological polar surface area (TPSA) is 293 Å². The number of nitriles is 1. The van der Waals surface area contributed by atoms with Crippen molar-refractivity contribution >= 4 is 52.8 Å². The van der Waals surface area contributed by atoms with Gasteiger partial charge in [0.25, 0.3) is 0 Å². The van der Waals surface area contributed by atoms with Gasteiger partial charge in [-0.25, -0.2) is 23.5 Å². The molecule has 0 radical (unpaired) electrons. The van der Waals surface area contributed by atoms with E-state index in [-0.39, 0.29) is 59.0 Å². The molecule has 1 aromatic carbocycles. The summed E-state index contributed by atoms with van der Waals surface area (Å²) in [6.07, 6.45) is 9.87. The first-order valence-electron chi connectivity index (χ1n) is 20.4. The second kappa shape index (κ2) is 16.0. The number of aliphatic imine (C=N–C) groups is 1. The molecule has 1 saturated heterocycles. The van der Waals surface area contributed by atoms with E-state index in [0.29, 0.717) is 24.0 Å². The molecule has 4 heterocycles. The molecule has 0 aromatic heterocycles. The van der Waals surface area contributed by atoms with Gasteiger partial charge in [-0.1, -0.05) is 29.4 Å². The number of benzene rings is 1. The van der Waals surface area contributed by atoms with Crippen LogP contribution < -0.4 is 19.7 Å². The average molecular weight is 948 g/mol. The number of nitrogens with zero attached hydrogens (tertiary/aromatic N) is 2. The fourth-order valence-electron chi connectivity index (χ4n) is 10.3. The number of nitrogens with two attached hydrogens (primary N) is 1. The lowest BCUT2D eigenvalue weighted by Crippen LogP contribution is -2.75. The lowest BCUT2D eigenvalue weighted by molar-refractivity contribution is -0.183. The molecule has 8 rings (SSSR count). The highest BCUT2D eigenvalue weighted by Gasteiger charge is 2.84. The Balaban J connectivity index is 1.60. The number of fused-ring (bicyclic) bond motifs is 3. The molecule has 9 atom stereocenters. The van der Waals surface area contributed by atoms with Crippen molar-refractivity contribution in [1.29, 1.82) is 5.26 Å². The van der Waals surface area contributed by atoms with Crippen LogP contribution in [0.2, 0.25) is 0 Å². The van der Waals surface area contributed by atoms with E-state index in [1.54, 1.807) is 12.2 Å². The number of Topliss-reactive ketones (excluding diaryl/α,β-unsaturated/α-hetero) is 1. The van der Waals surface area contributed by atoms with Crippen LogP contribution in [0.25, 0.3) is 11.8 Å². The van der Waals surface area contributed by atoms with Crippen LogP contribution in [0.5, 0.6) is 17.2 Å². The number of carbonyl (C=O) groups is 2. The molecular weight excluding hydrogens is 895 g/mol. The summed E-state index contributed by atoms with van der Waals surface area (Å²) in [6, 6.07) is 2.22. The van der Waals surface area contributed by atoms with E-state index in [0.717, 1.165) is 11.1 Å². The molecule has 4 fully saturated rings. The van der Waals surface area contributed by atoms with Gasteiger partial charge in [-0.05, 0) is 93.2 Å². The number of hydrogen-bond donors (Lipinski definition) is 5. The van der Waals surface area contributed by atoms with Crippen molar-refractivity contribution in [2.24, 2.45) is 34.4 Å². The van der Waals surface area contributed by atoms with Crippen LogP contribution in [0.1, 0.15) is 97.8 Å². The molecular formula is C42H52N3O16P3. The molecule has 3 aliphatic carbocycles. The predicted molar refractivity (Wildman–Crippen MR) is 230 cm³/mol. The molecule has 4 aliphatic heterocycles. The van der Waals surface area contributed by atoms with Gasteiger partial charge in [0.1, 0.15) is 28.9 Å². The fraction of sp³-hybridized carbons (Fsp3) is 0.524. The highest BCUT2D eigenvalue weighted by Crippen LogP contribution is 2.75. The second-order valence-electron chi connectivity index (χ2n) is 18.1. The molecule has 1 spiro atoms. The number of ketones is 1. The number of ether oxygens (including phenoxy) is 4. The number of amidine groups is 1. The summed E-state index contributed by atoms with van der Waals surface area (Å²) in [7, 11) is -16.5. The Labute approximate surface area is 370 Å². The van der Waals surface area contributed by atoms with E-state index in [9.17, 15) is 43.3 Å². The first-order valence-corrected chi connectivity index (χ1v) is 25.0. The van der Waals surface area contributed by atoms with Crippen molar-refractivity contribution in [3.63, 3.8) is 0 Å². The van der Waals surface area contributed by atoms with Crippen molar-refractivity contribution in [1.82, 2.24) is 0 Å². The minimum atomic E-state index is -6.03. The van der Waals surface area contributed by atoms with Crippen LogP contribution in [-0.2, 0) is 47.8 Å². The third kappa shape index (κ3) is 7.89. The Kier molecular flexibility index (Phi) is 12.0. The van der Waals surface area contributed by atoms with E-state index in [4.69, 9.17) is 34.2 Å². The summed E-state index contributed by atoms with van der Waals surface area (Å²) in [5, 5.41) is 10.7. The van der Waals surface area contributed by atoms with Crippen molar-refractivity contribution in [3.8, 4) is 23.3 Å². The molecule has 346 valence electrons. The summed E-state index contributed by atoms with van der Waals surface area (Å²) in [5.41, 5.74) is 3.58. The zero-order valence-corrected chi connectivity index (χ0v) is 39.4. The molecule has 1 aromatic rings. The van der Waals surface area contributed by atoms with Crippen molar-refractivity contribution in [2.45, 2.75) is 110 Å². The van der Waals surface area contributed by atoms with Crippen LogP contribution >= 0.6 is 23.5 Å². The molecule has 3 saturated carbocycles. The smallest absolute Gasteiger partial charge is 0.482 e. The summed E-state index contributed by atoms with van der Waals surface area (Å²) < 4.78 is 78.6. The first kappa shape index (κ1) is 47.8. The summed E-state index contributed by atoms with van der Waals surface area (Å²) in [4.78, 5) is 72.9. The summed E-state index contributed by atoms with van der Waals surface area (Å²) >= 11 is 0. The van der Waals surface area contributed by atoms with E-state index in [1.807, 2.05) is 60.6 Å². The van der Waals surface area contributed by atoms with Gasteiger partial charge in [0.15, 0.2) is 22.7 Å². The van der Waals surface area contributed by atoms with Gasteiger partial charge in [0, 0.05) is 40.9 Å². The first-order chi connectivity index (χ1) is 29.6. The normalized spacial score (nSPS) is 31.1. The maximum absolute atomic E-state index is 15.3. The Morgan fingerprint density at radius 2 is 1.67 bits per heavy atom. The maximum Gasteiger partial charge on any atom is 0.536 e. The van der Waals surface area contributed by atoms with Gasteiger partial charge >= 0.3 is 29.4 Å². The standard InChI is InChI=1S/C42H52N3O16P3/c1-21(2)11-10-16-40(8)17-15-25-33(56-40)24(13-12-22(3)4)34-30(35(25)58-63(51,52)61-64(53,54)60-62(48,49)50)32-31-29(27(20-43)37(44)45-32)26-19-28-39(6,7)59-41(36(26)46,42(28,31)57-34)18-14-23(5)38(47)55-9/h11-12,14-15,17,26-29H,10,13,16,18-19H2,1-9H3,(H2,44,45)(H,51,52)(H,53,54)(H2,48,49,50). The number of hydrogen-bond acceptors (Lipinski definition) is 15. The number of carbonyl (C=O) groups excluding carboxylic acids is 2. The van der Waals surface area contributed by atoms with Crippen molar-refractivity contribution < 1.29 is 75.0 Å². The van der Waals surface area contributed by atoms with Gasteiger partial charge in [0.2, 0.25) is 0 Å². The average Bonchev–Trinajstić information content (AvgIpc) is 3.30. The number of methoxy groups -OCH3 is 1. The third-order valence-electron chi connectivity index (χ3n) is 12.7. The quantitative estimate of drug-likeness (QED) is 0.0540. The minimum absolute atomic E-state index is 0.00279. The molecule has 6 N–H and O–H groups in total. The monoisotopic (exact) mass is 947 g/mol. The zero-order valence-electron chi connectivity index (χ0n) is 36.7. The van der Waals surface area contributed by atoms with E-state index >= 15 is 4.79 Å². The predicted octanol–water partition coefficient (Wildman–Crippen LogP) is 7.06. The largest absolute Gasteiger partial charge is 0.536 e. The maximum atomic E-state index is 15.3. The van der Waals surface area contributed by atoms with Crippen LogP contribution in [0.15, 0.2) is 51.6 Å². The Morgan fingerprint density at radius 1 is 1.00 bits per heavy atom. The summed E-state index contributed by atoms with van der Waals surface area (Å²) in [5.74, 6) is -5.39. The van der Waals surface area contributed by atoms with Crippen LogP contribution in [0.4, 0.5) is 0 Å². The highest BCUT2D eigenvalue weighted by atomic mass is 31.3. The number of rotatable bonds is 14. The third-order valence-corrected chi connectivity index (χ3v) is 16.5. The SMILES string of the molecule is COC(=O)C(C)=CCC12OC(C)(C)C3CC(C1=O)C1C4=C(N=C(N)C1C#N)c1c(OP(=O)(O)OP(=O)(O)OP(=O)(O)O)c5c(c(CC=C(C)C)c1OC432)OC(C)(CCC=C(C)C)C=C5. The van der Waals surface area contributed by atoms with Gasteiger partial charge in [0.05, 0.1) is 35.6 Å². The second-order valence-corrected chi connectivity index (χ2v) is 22.5. The Bertz CT molecular complexity index is 2630. The molecule has 0 amide bonds. The van der Waals surface area contributed by atoms with E-state index in [1.165, 1.54) is 20.1 Å². The fourth-order valence-corrected chi connectivity index (χ4v) is 13.3. The number of phosphoric ester groups is 1. The van der Waals surface area contributed by atoms with Crippen LogP contribution in [0.3, 0.4) is 0 Å². The van der Waals surface area contributed by atoms with E-state index < -0.39 is 87.0 Å². The molecule has 7 aliphatic rings. The lowest BCUT2D eigenvalue weighted by Gasteiger charge is -2.62. The molecule has 9 unspecified atom stereocenters. The van der Waals surface area contributed by atoms with Crippen LogP contribution in [-0.4, -0.2) is 66.7 Å². The highest BCUT2D eigenvalue weighted by molar-refractivity contribution is 7.66. The van der Waals surface area contributed by atoms with Gasteiger partial charge in [-0.15, -0.1) is 0 Å². The van der Waals surface area contributed by atoms with Crippen LogP contribution in [0, 0.1) is 35.0 Å².